The van der Waals surface area contributed by atoms with E-state index in [2.05, 4.69) is 9.55 Å². The average molecular weight is 270 g/mol. The summed E-state index contributed by atoms with van der Waals surface area (Å²) in [6.45, 7) is 0.987. The minimum Gasteiger partial charge on any atom is -0.478 e. The van der Waals surface area contributed by atoms with Crippen molar-refractivity contribution >= 4 is 17.0 Å². The van der Waals surface area contributed by atoms with Crippen molar-refractivity contribution in [2.45, 2.75) is 32.2 Å². The zero-order chi connectivity index (χ0) is 13.7. The Morgan fingerprint density at radius 3 is 2.95 bits per heavy atom. The van der Waals surface area contributed by atoms with Crippen LogP contribution in [-0.4, -0.2) is 20.6 Å². The van der Waals surface area contributed by atoms with Gasteiger partial charge >= 0.3 is 5.97 Å². The number of carbonyl (C=O) groups is 1. The van der Waals surface area contributed by atoms with Gasteiger partial charge in [-0.15, -0.1) is 0 Å². The summed E-state index contributed by atoms with van der Waals surface area (Å²) < 4.78 is 2.15. The number of carboxylic acid groups (broad SMARTS) is 1. The topological polar surface area (TPSA) is 55.1 Å². The van der Waals surface area contributed by atoms with Gasteiger partial charge in [0.2, 0.25) is 0 Å². The van der Waals surface area contributed by atoms with Crippen LogP contribution in [0.15, 0.2) is 24.5 Å². The number of fused-ring (bicyclic) bond motifs is 3. The maximum atomic E-state index is 11.2. The second-order valence-electron chi connectivity index (χ2n) is 6.31. The number of benzene rings is 1. The van der Waals surface area contributed by atoms with Gasteiger partial charge in [-0.05, 0) is 49.1 Å². The van der Waals surface area contributed by atoms with Crippen molar-refractivity contribution in [1.82, 2.24) is 9.55 Å². The summed E-state index contributed by atoms with van der Waals surface area (Å²) in [6, 6.07) is 5.41. The lowest BCUT2D eigenvalue weighted by Gasteiger charge is -2.22. The maximum absolute atomic E-state index is 11.2. The van der Waals surface area contributed by atoms with Gasteiger partial charge in [0.15, 0.2) is 0 Å². The van der Waals surface area contributed by atoms with E-state index in [1.165, 1.54) is 25.7 Å². The fraction of sp³-hybridized carbons (Fsp3) is 0.500. The molecule has 20 heavy (non-hydrogen) atoms. The Bertz CT molecular complexity index is 676. The molecule has 2 fully saturated rings. The quantitative estimate of drug-likeness (QED) is 0.932. The first-order valence-corrected chi connectivity index (χ1v) is 7.39. The van der Waals surface area contributed by atoms with Crippen LogP contribution in [0.2, 0.25) is 0 Å². The first kappa shape index (κ1) is 11.9. The van der Waals surface area contributed by atoms with Gasteiger partial charge in [0.05, 0.1) is 17.4 Å². The molecule has 2 aromatic rings. The van der Waals surface area contributed by atoms with Crippen LogP contribution in [0.3, 0.4) is 0 Å². The van der Waals surface area contributed by atoms with E-state index in [1.54, 1.807) is 6.07 Å². The molecule has 0 saturated heterocycles. The van der Waals surface area contributed by atoms with Crippen LogP contribution < -0.4 is 0 Å². The van der Waals surface area contributed by atoms with E-state index in [1.807, 2.05) is 18.5 Å². The average Bonchev–Trinajstić information content (AvgIpc) is 3.14. The highest BCUT2D eigenvalue weighted by atomic mass is 16.4. The molecule has 2 aliphatic rings. The fourth-order valence-electron chi connectivity index (χ4n) is 4.26. The summed E-state index contributed by atoms with van der Waals surface area (Å²) in [6.07, 6.45) is 7.33. The lowest BCUT2D eigenvalue weighted by Crippen LogP contribution is -2.16. The van der Waals surface area contributed by atoms with E-state index < -0.39 is 5.97 Å². The van der Waals surface area contributed by atoms with Crippen molar-refractivity contribution < 1.29 is 9.90 Å². The summed E-state index contributed by atoms with van der Waals surface area (Å²) in [5, 5.41) is 9.21. The molecular weight excluding hydrogens is 252 g/mol. The molecule has 1 N–H and O–H groups in total. The van der Waals surface area contributed by atoms with Crippen LogP contribution in [-0.2, 0) is 6.54 Å². The van der Waals surface area contributed by atoms with Crippen molar-refractivity contribution in [2.24, 2.45) is 17.8 Å². The smallest absolute Gasteiger partial charge is 0.337 e. The van der Waals surface area contributed by atoms with E-state index in [-0.39, 0.29) is 0 Å². The Kier molecular flexibility index (Phi) is 2.59. The summed E-state index contributed by atoms with van der Waals surface area (Å²) in [7, 11) is 0. The Balaban J connectivity index is 1.67. The normalized spacial score (nSPS) is 28.3. The summed E-state index contributed by atoms with van der Waals surface area (Å²) in [4.78, 5) is 15.5. The molecule has 0 spiro atoms. The van der Waals surface area contributed by atoms with Crippen LogP contribution in [0.5, 0.6) is 0 Å². The van der Waals surface area contributed by atoms with Crippen molar-refractivity contribution in [1.29, 1.82) is 0 Å². The van der Waals surface area contributed by atoms with Crippen LogP contribution in [0, 0.1) is 17.8 Å². The van der Waals surface area contributed by atoms with Crippen molar-refractivity contribution in [3.63, 3.8) is 0 Å². The van der Waals surface area contributed by atoms with E-state index in [0.717, 1.165) is 29.8 Å². The minimum absolute atomic E-state index is 0.300. The zero-order valence-corrected chi connectivity index (χ0v) is 11.3. The number of aromatic nitrogens is 2. The van der Waals surface area contributed by atoms with Gasteiger partial charge in [-0.3, -0.25) is 0 Å². The molecule has 104 valence electrons. The third-order valence-electron chi connectivity index (χ3n) is 5.20. The van der Waals surface area contributed by atoms with Gasteiger partial charge in [0, 0.05) is 6.54 Å². The van der Waals surface area contributed by atoms with Crippen molar-refractivity contribution in [3.8, 4) is 0 Å². The van der Waals surface area contributed by atoms with Gasteiger partial charge in [0.1, 0.15) is 5.52 Å². The predicted molar refractivity (Wildman–Crippen MR) is 75.6 cm³/mol. The van der Waals surface area contributed by atoms with Crippen molar-refractivity contribution in [2.75, 3.05) is 0 Å². The fourth-order valence-corrected chi connectivity index (χ4v) is 4.26. The summed E-state index contributed by atoms with van der Waals surface area (Å²) in [5.41, 5.74) is 1.87. The molecule has 0 aliphatic heterocycles. The maximum Gasteiger partial charge on any atom is 0.337 e. The van der Waals surface area contributed by atoms with Gasteiger partial charge in [-0.25, -0.2) is 9.78 Å². The van der Waals surface area contributed by atoms with Gasteiger partial charge < -0.3 is 9.67 Å². The Morgan fingerprint density at radius 1 is 1.35 bits per heavy atom. The number of aromatic carboxylic acids is 1. The predicted octanol–water partition coefficient (Wildman–Crippen LogP) is 3.17. The van der Waals surface area contributed by atoms with Gasteiger partial charge in [-0.2, -0.15) is 0 Å². The molecule has 0 amide bonds. The zero-order valence-electron chi connectivity index (χ0n) is 11.3. The Morgan fingerprint density at radius 2 is 2.25 bits per heavy atom. The van der Waals surface area contributed by atoms with Gasteiger partial charge in [-0.1, -0.05) is 12.5 Å². The van der Waals surface area contributed by atoms with Crippen LogP contribution >= 0.6 is 0 Å². The number of rotatable bonds is 3. The molecule has 2 bridgehead atoms. The lowest BCUT2D eigenvalue weighted by molar-refractivity contribution is 0.0699. The first-order valence-electron chi connectivity index (χ1n) is 7.39. The molecule has 1 aromatic carbocycles. The van der Waals surface area contributed by atoms with Crippen LogP contribution in [0.25, 0.3) is 11.0 Å². The molecule has 2 saturated carbocycles. The number of imidazole rings is 1. The third-order valence-corrected chi connectivity index (χ3v) is 5.20. The molecule has 3 unspecified atom stereocenters. The molecule has 0 radical (unpaired) electrons. The molecule has 1 aromatic heterocycles. The molecule has 2 aliphatic carbocycles. The number of nitrogens with zero attached hydrogens (tertiary/aromatic N) is 2. The standard InChI is InChI=1S/C16H18N2O2/c19-16(20)13-2-1-3-14-15(13)17-9-18(14)8-12-7-10-4-5-11(12)6-10/h1-3,9-12H,4-8H2,(H,19,20). The van der Waals surface area contributed by atoms with E-state index in [0.29, 0.717) is 11.1 Å². The van der Waals surface area contributed by atoms with E-state index in [9.17, 15) is 9.90 Å². The summed E-state index contributed by atoms with van der Waals surface area (Å²) in [5.74, 6) is 1.66. The van der Waals surface area contributed by atoms with Gasteiger partial charge in [0.25, 0.3) is 0 Å². The lowest BCUT2D eigenvalue weighted by atomic mass is 9.89. The third kappa shape index (κ3) is 1.74. The minimum atomic E-state index is -0.902. The summed E-state index contributed by atoms with van der Waals surface area (Å²) >= 11 is 0. The van der Waals surface area contributed by atoms with Crippen LogP contribution in [0.1, 0.15) is 36.0 Å². The van der Waals surface area contributed by atoms with E-state index >= 15 is 0 Å². The molecular formula is C16H18N2O2. The number of hydrogen-bond donors (Lipinski definition) is 1. The molecule has 3 atom stereocenters. The SMILES string of the molecule is O=C(O)c1cccc2c1ncn2CC1CC2CCC1C2. The Labute approximate surface area is 117 Å². The van der Waals surface area contributed by atoms with E-state index in [4.69, 9.17) is 0 Å². The molecule has 4 heteroatoms. The molecule has 4 nitrogen and oxygen atoms in total. The molecule has 1 heterocycles. The number of carboxylic acids is 1. The Hall–Kier alpha value is -1.84. The largest absolute Gasteiger partial charge is 0.478 e. The van der Waals surface area contributed by atoms with Crippen LogP contribution in [0.4, 0.5) is 0 Å². The highest BCUT2D eigenvalue weighted by Crippen LogP contribution is 2.49. The number of hydrogen-bond acceptors (Lipinski definition) is 2. The van der Waals surface area contributed by atoms with Crippen molar-refractivity contribution in [3.05, 3.63) is 30.1 Å². The second kappa shape index (κ2) is 4.33. The number of para-hydroxylation sites is 1. The highest BCUT2D eigenvalue weighted by Gasteiger charge is 2.39. The first-order chi connectivity index (χ1) is 9.72. The monoisotopic (exact) mass is 270 g/mol. The highest BCUT2D eigenvalue weighted by molar-refractivity contribution is 6.00. The molecule has 4 rings (SSSR count). The second-order valence-corrected chi connectivity index (χ2v) is 6.31.